The number of hydrogen-bond acceptors (Lipinski definition) is 7. The Kier molecular flexibility index (Phi) is 3.99. The van der Waals surface area contributed by atoms with Gasteiger partial charge < -0.3 is 13.6 Å². The van der Waals surface area contributed by atoms with Gasteiger partial charge in [-0.1, -0.05) is 6.07 Å². The Labute approximate surface area is 145 Å². The van der Waals surface area contributed by atoms with Crippen LogP contribution in [0.4, 0.5) is 8.78 Å². The van der Waals surface area contributed by atoms with E-state index in [9.17, 15) is 8.78 Å². The molecule has 3 heterocycles. The number of aryl methyl sites for hydroxylation is 1. The number of nitrogens with zero attached hydrogens (tertiary/aromatic N) is 5. The standard InChI is InChI=1S/C16H12F2N5O3/c1-23-8-25-11-4-2-3-10(13(11)23)24-7-12-19-5-9(6-20-12)15-21-22-16(26-15)14(17)18/h2-6,8,14H,7H2,1H3/q+1. The van der Waals surface area contributed by atoms with E-state index >= 15 is 0 Å². The summed E-state index contributed by atoms with van der Waals surface area (Å²) in [7, 11) is 1.85. The Bertz CT molecular complexity index is 1050. The first-order chi connectivity index (χ1) is 12.6. The molecule has 4 aromatic rings. The third-order valence-corrected chi connectivity index (χ3v) is 3.59. The van der Waals surface area contributed by atoms with E-state index in [1.807, 2.05) is 29.8 Å². The van der Waals surface area contributed by atoms with Crippen LogP contribution in [0.3, 0.4) is 0 Å². The van der Waals surface area contributed by atoms with Crippen LogP contribution in [-0.4, -0.2) is 20.2 Å². The van der Waals surface area contributed by atoms with E-state index in [2.05, 4.69) is 20.2 Å². The first kappa shape index (κ1) is 16.1. The zero-order valence-electron chi connectivity index (χ0n) is 13.5. The molecule has 0 bridgehead atoms. The molecule has 0 saturated carbocycles. The van der Waals surface area contributed by atoms with E-state index in [1.54, 1.807) is 6.39 Å². The maximum Gasteiger partial charge on any atom is 0.335 e. The highest BCUT2D eigenvalue weighted by Gasteiger charge is 2.18. The molecule has 8 nitrogen and oxygen atoms in total. The number of benzene rings is 1. The number of oxazole rings is 1. The van der Waals surface area contributed by atoms with Crippen molar-refractivity contribution in [2.45, 2.75) is 13.0 Å². The molecule has 132 valence electrons. The summed E-state index contributed by atoms with van der Waals surface area (Å²) in [6.07, 6.45) is 1.58. The van der Waals surface area contributed by atoms with Gasteiger partial charge in [0.05, 0.1) is 5.56 Å². The molecule has 0 saturated heterocycles. The van der Waals surface area contributed by atoms with Crippen LogP contribution in [0.2, 0.25) is 0 Å². The summed E-state index contributed by atoms with van der Waals surface area (Å²) in [5.41, 5.74) is 1.86. The van der Waals surface area contributed by atoms with Crippen molar-refractivity contribution in [3.63, 3.8) is 0 Å². The summed E-state index contributed by atoms with van der Waals surface area (Å²) in [6, 6.07) is 5.48. The van der Waals surface area contributed by atoms with E-state index in [1.165, 1.54) is 12.4 Å². The molecule has 0 aliphatic heterocycles. The molecule has 0 fully saturated rings. The lowest BCUT2D eigenvalue weighted by Crippen LogP contribution is -2.25. The highest BCUT2D eigenvalue weighted by molar-refractivity contribution is 5.75. The summed E-state index contributed by atoms with van der Waals surface area (Å²) in [5, 5.41) is 6.81. The Morgan fingerprint density at radius 2 is 2.00 bits per heavy atom. The lowest BCUT2D eigenvalue weighted by molar-refractivity contribution is -0.650. The topological polar surface area (TPSA) is 91.0 Å². The van der Waals surface area contributed by atoms with Crippen LogP contribution in [0.5, 0.6) is 5.75 Å². The number of ether oxygens (including phenoxy) is 1. The van der Waals surface area contributed by atoms with E-state index < -0.39 is 12.3 Å². The van der Waals surface area contributed by atoms with Gasteiger partial charge >= 0.3 is 12.8 Å². The van der Waals surface area contributed by atoms with Crippen molar-refractivity contribution < 1.29 is 26.9 Å². The summed E-state index contributed by atoms with van der Waals surface area (Å²) in [6.45, 7) is 0.122. The van der Waals surface area contributed by atoms with Gasteiger partial charge in [0.2, 0.25) is 5.58 Å². The zero-order valence-corrected chi connectivity index (χ0v) is 13.5. The lowest BCUT2D eigenvalue weighted by Gasteiger charge is -2.04. The normalized spacial score (nSPS) is 11.4. The average Bonchev–Trinajstić information content (AvgIpc) is 3.28. The number of halogens is 2. The number of fused-ring (bicyclic) bond motifs is 1. The second kappa shape index (κ2) is 6.47. The number of aromatic nitrogens is 5. The minimum atomic E-state index is -2.82. The van der Waals surface area contributed by atoms with Crippen LogP contribution in [0.25, 0.3) is 22.6 Å². The first-order valence-corrected chi connectivity index (χ1v) is 7.53. The molecule has 10 heteroatoms. The van der Waals surface area contributed by atoms with Crippen LogP contribution in [0.1, 0.15) is 18.1 Å². The Morgan fingerprint density at radius 3 is 2.73 bits per heavy atom. The van der Waals surface area contributed by atoms with Crippen molar-refractivity contribution in [2.24, 2.45) is 7.05 Å². The molecular weight excluding hydrogens is 348 g/mol. The Hall–Kier alpha value is -3.43. The second-order valence-corrected chi connectivity index (χ2v) is 5.36. The Morgan fingerprint density at radius 1 is 1.19 bits per heavy atom. The molecule has 0 radical (unpaired) electrons. The van der Waals surface area contributed by atoms with Crippen molar-refractivity contribution in [3.8, 4) is 17.2 Å². The van der Waals surface area contributed by atoms with Gasteiger partial charge in [-0.05, 0) is 12.1 Å². The van der Waals surface area contributed by atoms with Crippen molar-refractivity contribution >= 4 is 11.1 Å². The maximum absolute atomic E-state index is 12.5. The highest BCUT2D eigenvalue weighted by atomic mass is 19.3. The first-order valence-electron chi connectivity index (χ1n) is 7.53. The van der Waals surface area contributed by atoms with Gasteiger partial charge in [-0.2, -0.15) is 13.3 Å². The van der Waals surface area contributed by atoms with Gasteiger partial charge in [-0.25, -0.2) is 9.97 Å². The number of hydrogen-bond donors (Lipinski definition) is 0. The predicted molar refractivity (Wildman–Crippen MR) is 82.0 cm³/mol. The van der Waals surface area contributed by atoms with Gasteiger partial charge in [-0.3, -0.25) is 0 Å². The molecule has 4 rings (SSSR count). The fraction of sp³-hybridized carbons (Fsp3) is 0.188. The zero-order chi connectivity index (χ0) is 18.1. The molecule has 0 unspecified atom stereocenters. The minimum Gasteiger partial charge on any atom is -0.479 e. The largest absolute Gasteiger partial charge is 0.479 e. The lowest BCUT2D eigenvalue weighted by atomic mass is 10.3. The van der Waals surface area contributed by atoms with Crippen molar-refractivity contribution in [1.82, 2.24) is 20.2 Å². The van der Waals surface area contributed by atoms with Gasteiger partial charge in [0.1, 0.15) is 13.7 Å². The molecule has 0 amide bonds. The van der Waals surface area contributed by atoms with Crippen LogP contribution in [-0.2, 0) is 13.7 Å². The van der Waals surface area contributed by atoms with E-state index in [4.69, 9.17) is 13.6 Å². The molecular formula is C16H12F2N5O3+. The van der Waals surface area contributed by atoms with Crippen LogP contribution >= 0.6 is 0 Å². The predicted octanol–water partition coefficient (Wildman–Crippen LogP) is 2.61. The smallest absolute Gasteiger partial charge is 0.335 e. The van der Waals surface area contributed by atoms with Crippen molar-refractivity contribution in [3.05, 3.63) is 48.7 Å². The molecule has 0 atom stereocenters. The van der Waals surface area contributed by atoms with Gasteiger partial charge in [0, 0.05) is 12.4 Å². The summed E-state index contributed by atoms with van der Waals surface area (Å²) < 4.78 is 42.8. The third kappa shape index (κ3) is 2.96. The van der Waals surface area contributed by atoms with Crippen LogP contribution in [0.15, 0.2) is 45.8 Å². The molecule has 0 aliphatic rings. The van der Waals surface area contributed by atoms with E-state index in [0.29, 0.717) is 22.7 Å². The molecule has 0 aliphatic carbocycles. The third-order valence-electron chi connectivity index (χ3n) is 3.59. The number of alkyl halides is 2. The van der Waals surface area contributed by atoms with Crippen molar-refractivity contribution in [1.29, 1.82) is 0 Å². The second-order valence-electron chi connectivity index (χ2n) is 5.36. The van der Waals surface area contributed by atoms with E-state index in [0.717, 1.165) is 5.52 Å². The monoisotopic (exact) mass is 360 g/mol. The average molecular weight is 360 g/mol. The van der Waals surface area contributed by atoms with Gasteiger partial charge in [-0.15, -0.1) is 10.2 Å². The quantitative estimate of drug-likeness (QED) is 0.505. The van der Waals surface area contributed by atoms with Gasteiger partial charge in [0.15, 0.2) is 11.6 Å². The summed E-state index contributed by atoms with van der Waals surface area (Å²) in [5.74, 6) is 0.229. The Balaban J connectivity index is 1.49. The molecule has 1 aromatic carbocycles. The molecule has 26 heavy (non-hydrogen) atoms. The fourth-order valence-electron chi connectivity index (χ4n) is 2.37. The minimum absolute atomic E-state index is 0.0667. The highest BCUT2D eigenvalue weighted by Crippen LogP contribution is 2.24. The number of rotatable bonds is 5. The summed E-state index contributed by atoms with van der Waals surface area (Å²) >= 11 is 0. The van der Waals surface area contributed by atoms with Crippen LogP contribution < -0.4 is 9.30 Å². The molecule has 0 N–H and O–H groups in total. The SMILES string of the molecule is C[n+]1coc2cccc(OCc3ncc(-c4nnc(C(F)F)o4)cn3)c21. The molecule has 0 spiro atoms. The van der Waals surface area contributed by atoms with Crippen LogP contribution in [0, 0.1) is 0 Å². The maximum atomic E-state index is 12.5. The summed E-state index contributed by atoms with van der Waals surface area (Å²) in [4.78, 5) is 8.27. The van der Waals surface area contributed by atoms with Gasteiger partial charge in [0.25, 0.3) is 17.3 Å². The van der Waals surface area contributed by atoms with Crippen molar-refractivity contribution in [2.75, 3.05) is 0 Å². The molecule has 3 aromatic heterocycles. The van der Waals surface area contributed by atoms with E-state index in [-0.39, 0.29) is 12.5 Å². The number of para-hydroxylation sites is 1. The fourth-order valence-corrected chi connectivity index (χ4v) is 2.37.